The van der Waals surface area contributed by atoms with Crippen LogP contribution >= 0.6 is 0 Å². The highest BCUT2D eigenvalue weighted by molar-refractivity contribution is 6.04. The molecule has 0 saturated heterocycles. The number of halogens is 3. The molecule has 0 aliphatic carbocycles. The minimum atomic E-state index is -4.75. The van der Waals surface area contributed by atoms with Gasteiger partial charge in [0.15, 0.2) is 0 Å². The molecule has 1 heterocycles. The molecule has 1 aromatic heterocycles. The number of carbonyl (C=O) groups excluding carboxylic acids is 1. The van der Waals surface area contributed by atoms with Crippen molar-refractivity contribution in [2.45, 2.75) is 26.3 Å². The number of esters is 1. The van der Waals surface area contributed by atoms with Gasteiger partial charge in [-0.15, -0.1) is 19.1 Å². The second-order valence-corrected chi connectivity index (χ2v) is 6.17. The van der Waals surface area contributed by atoms with Crippen LogP contribution in [0.25, 0.3) is 10.9 Å². The lowest BCUT2D eigenvalue weighted by Gasteiger charge is -2.16. The molecule has 0 fully saturated rings. The van der Waals surface area contributed by atoms with Gasteiger partial charge in [-0.25, -0.2) is 4.79 Å². The fourth-order valence-corrected chi connectivity index (χ4v) is 3.06. The molecule has 0 spiro atoms. The molecule has 0 saturated carbocycles. The molecule has 5 nitrogen and oxygen atoms in total. The third-order valence-electron chi connectivity index (χ3n) is 4.39. The summed E-state index contributed by atoms with van der Waals surface area (Å²) in [6.45, 7) is 3.53. The van der Waals surface area contributed by atoms with E-state index in [0.29, 0.717) is 27.6 Å². The summed E-state index contributed by atoms with van der Waals surface area (Å²) in [5, 5.41) is 5.09. The molecule has 0 radical (unpaired) electrons. The number of ether oxygens (including phenoxy) is 2. The molecule has 0 bridgehead atoms. The van der Waals surface area contributed by atoms with Crippen molar-refractivity contribution in [3.05, 3.63) is 59.3 Å². The number of benzene rings is 2. The lowest BCUT2D eigenvalue weighted by atomic mass is 10.0. The number of rotatable bonds is 4. The number of aromatic nitrogens is 2. The summed E-state index contributed by atoms with van der Waals surface area (Å²) in [4.78, 5) is 12.3. The summed E-state index contributed by atoms with van der Waals surface area (Å²) in [7, 11) is 1.29. The van der Waals surface area contributed by atoms with E-state index in [9.17, 15) is 18.0 Å². The van der Waals surface area contributed by atoms with Crippen LogP contribution in [0.15, 0.2) is 42.6 Å². The fourth-order valence-electron chi connectivity index (χ4n) is 3.06. The monoisotopic (exact) mass is 402 g/mol. The van der Waals surface area contributed by atoms with Crippen LogP contribution in [-0.4, -0.2) is 29.2 Å². The van der Waals surface area contributed by atoms with Crippen LogP contribution in [0.3, 0.4) is 0 Å². The number of hydrogen-bond acceptors (Lipinski definition) is 4. The van der Waals surface area contributed by atoms with Gasteiger partial charge in [0.1, 0.15) is 5.75 Å². The zero-order chi connectivity index (χ0) is 21.2. The van der Waals surface area contributed by atoms with Crippen molar-refractivity contribution >= 4 is 16.9 Å². The van der Waals surface area contributed by atoms with Crippen LogP contribution in [0, 0.1) is 11.8 Å². The molecule has 1 atom stereocenters. The summed E-state index contributed by atoms with van der Waals surface area (Å²) >= 11 is 0. The summed E-state index contributed by atoms with van der Waals surface area (Å²) in [5.41, 5.74) is 2.26. The van der Waals surface area contributed by atoms with Crippen LogP contribution in [0.1, 0.15) is 41.4 Å². The minimum Gasteiger partial charge on any atom is -0.465 e. The average Bonchev–Trinajstić information content (AvgIpc) is 3.12. The Bertz CT molecular complexity index is 1110. The average molecular weight is 402 g/mol. The van der Waals surface area contributed by atoms with E-state index in [0.717, 1.165) is 0 Å². The van der Waals surface area contributed by atoms with E-state index in [1.165, 1.54) is 31.4 Å². The summed E-state index contributed by atoms with van der Waals surface area (Å²) in [5.74, 6) is 4.97. The second kappa shape index (κ2) is 7.87. The van der Waals surface area contributed by atoms with Crippen molar-refractivity contribution in [1.29, 1.82) is 0 Å². The van der Waals surface area contributed by atoms with Crippen LogP contribution in [-0.2, 0) is 4.74 Å². The van der Waals surface area contributed by atoms with Crippen LogP contribution in [0.5, 0.6) is 5.75 Å². The van der Waals surface area contributed by atoms with Gasteiger partial charge >= 0.3 is 12.3 Å². The van der Waals surface area contributed by atoms with Gasteiger partial charge in [-0.1, -0.05) is 18.1 Å². The Labute approximate surface area is 165 Å². The summed E-state index contributed by atoms with van der Waals surface area (Å²) < 4.78 is 47.5. The SMILES string of the molecule is CC#Cc1ccc(C(=O)OC)c2c1cnn2C(C)c1ccc(OC(F)(F)F)cc1. The van der Waals surface area contributed by atoms with Gasteiger partial charge in [0.05, 0.1) is 30.4 Å². The first-order valence-corrected chi connectivity index (χ1v) is 8.62. The van der Waals surface area contributed by atoms with Crippen LogP contribution in [0.2, 0.25) is 0 Å². The smallest absolute Gasteiger partial charge is 0.465 e. The quantitative estimate of drug-likeness (QED) is 0.469. The molecule has 0 aliphatic rings. The van der Waals surface area contributed by atoms with Gasteiger partial charge in [-0.05, 0) is 43.7 Å². The van der Waals surface area contributed by atoms with Gasteiger partial charge in [0, 0.05) is 10.9 Å². The lowest BCUT2D eigenvalue weighted by Crippen LogP contribution is -2.17. The molecule has 2 aromatic carbocycles. The minimum absolute atomic E-state index is 0.311. The van der Waals surface area contributed by atoms with Crippen LogP contribution < -0.4 is 4.74 Å². The number of alkyl halides is 3. The standard InChI is InChI=1S/C21H17F3N2O3/c1-4-5-15-8-11-17(20(27)28-3)19-18(15)12-25-26(19)13(2)14-6-9-16(10-7-14)29-21(22,23)24/h6-13H,1-3H3. The molecule has 0 aliphatic heterocycles. The third-order valence-corrected chi connectivity index (χ3v) is 4.39. The Morgan fingerprint density at radius 2 is 1.86 bits per heavy atom. The van der Waals surface area contributed by atoms with Crippen molar-refractivity contribution < 1.29 is 27.4 Å². The topological polar surface area (TPSA) is 53.3 Å². The zero-order valence-corrected chi connectivity index (χ0v) is 15.9. The van der Waals surface area contributed by atoms with E-state index in [1.54, 1.807) is 29.9 Å². The highest BCUT2D eigenvalue weighted by Gasteiger charge is 2.31. The van der Waals surface area contributed by atoms with E-state index >= 15 is 0 Å². The number of methoxy groups -OCH3 is 1. The molecular weight excluding hydrogens is 385 g/mol. The Balaban J connectivity index is 2.07. The maximum absolute atomic E-state index is 12.4. The highest BCUT2D eigenvalue weighted by atomic mass is 19.4. The fraction of sp³-hybridized carbons (Fsp3) is 0.238. The molecule has 0 N–H and O–H groups in total. The second-order valence-electron chi connectivity index (χ2n) is 6.17. The van der Waals surface area contributed by atoms with E-state index < -0.39 is 12.3 Å². The van der Waals surface area contributed by atoms with Gasteiger partial charge in [-0.3, -0.25) is 4.68 Å². The first-order chi connectivity index (χ1) is 13.7. The van der Waals surface area contributed by atoms with Crippen molar-refractivity contribution in [1.82, 2.24) is 9.78 Å². The molecule has 29 heavy (non-hydrogen) atoms. The van der Waals surface area contributed by atoms with Gasteiger partial charge < -0.3 is 9.47 Å². The van der Waals surface area contributed by atoms with E-state index in [4.69, 9.17) is 4.74 Å². The molecule has 3 aromatic rings. The predicted octanol–water partition coefficient (Wildman–Crippen LogP) is 4.70. The Morgan fingerprint density at radius 3 is 2.45 bits per heavy atom. The van der Waals surface area contributed by atoms with Gasteiger partial charge in [-0.2, -0.15) is 5.10 Å². The normalized spacial score (nSPS) is 12.2. The first-order valence-electron chi connectivity index (χ1n) is 8.62. The summed E-state index contributed by atoms with van der Waals surface area (Å²) in [6.07, 6.45) is -3.14. The molecule has 0 amide bonds. The van der Waals surface area contributed by atoms with Crippen molar-refractivity contribution in [3.63, 3.8) is 0 Å². The summed E-state index contributed by atoms with van der Waals surface area (Å²) in [6, 6.07) is 8.49. The lowest BCUT2D eigenvalue weighted by molar-refractivity contribution is -0.274. The Morgan fingerprint density at radius 1 is 1.17 bits per heavy atom. The predicted molar refractivity (Wildman–Crippen MR) is 101 cm³/mol. The zero-order valence-electron chi connectivity index (χ0n) is 15.9. The van der Waals surface area contributed by atoms with E-state index in [2.05, 4.69) is 21.7 Å². The Kier molecular flexibility index (Phi) is 5.50. The molecule has 3 rings (SSSR count). The van der Waals surface area contributed by atoms with Crippen molar-refractivity contribution in [2.75, 3.05) is 7.11 Å². The van der Waals surface area contributed by atoms with E-state index in [-0.39, 0.29) is 11.8 Å². The highest BCUT2D eigenvalue weighted by Crippen LogP contribution is 2.30. The van der Waals surface area contributed by atoms with E-state index in [1.807, 2.05) is 6.92 Å². The Hall–Kier alpha value is -3.47. The van der Waals surface area contributed by atoms with Gasteiger partial charge in [0.2, 0.25) is 0 Å². The largest absolute Gasteiger partial charge is 0.573 e. The van der Waals surface area contributed by atoms with Crippen molar-refractivity contribution in [2.24, 2.45) is 0 Å². The maximum Gasteiger partial charge on any atom is 0.573 e. The van der Waals surface area contributed by atoms with Crippen molar-refractivity contribution in [3.8, 4) is 17.6 Å². The molecule has 1 unspecified atom stereocenters. The third kappa shape index (κ3) is 4.19. The molecule has 8 heteroatoms. The molecule has 150 valence electrons. The number of fused-ring (bicyclic) bond motifs is 1. The number of carbonyl (C=O) groups is 1. The number of nitrogens with zero attached hydrogens (tertiary/aromatic N) is 2. The number of hydrogen-bond donors (Lipinski definition) is 0. The van der Waals surface area contributed by atoms with Gasteiger partial charge in [0.25, 0.3) is 0 Å². The van der Waals surface area contributed by atoms with Crippen LogP contribution in [0.4, 0.5) is 13.2 Å². The molecular formula is C21H17F3N2O3. The maximum atomic E-state index is 12.4. The first kappa shape index (κ1) is 20.3.